The van der Waals surface area contributed by atoms with E-state index >= 15 is 0 Å². The van der Waals surface area contributed by atoms with E-state index in [0.29, 0.717) is 11.3 Å². The number of nitrogens with zero attached hydrogens (tertiary/aromatic N) is 2. The summed E-state index contributed by atoms with van der Waals surface area (Å²) in [6, 6.07) is 17.2. The maximum absolute atomic E-state index is 12.0. The van der Waals surface area contributed by atoms with Crippen molar-refractivity contribution in [2.75, 3.05) is 20.2 Å². The number of piperidine rings is 1. The first-order valence-corrected chi connectivity index (χ1v) is 8.42. The molecule has 1 aliphatic rings. The smallest absolute Gasteiger partial charge is 0.365 e. The monoisotopic (exact) mass is 338 g/mol. The fourth-order valence-electron chi connectivity index (χ4n) is 2.79. The van der Waals surface area contributed by atoms with Crippen LogP contribution in [0, 0.1) is 0 Å². The number of hydrogen-bond donors (Lipinski definition) is 0. The molecule has 0 aliphatic carbocycles. The Hall–Kier alpha value is -2.66. The number of ether oxygens (including phenoxy) is 1. The van der Waals surface area contributed by atoms with Crippen molar-refractivity contribution >= 4 is 11.7 Å². The Bertz CT molecular complexity index is 716. The summed E-state index contributed by atoms with van der Waals surface area (Å²) < 4.78 is 5.07. The van der Waals surface area contributed by atoms with Gasteiger partial charge in [0, 0.05) is 32.5 Å². The zero-order valence-corrected chi connectivity index (χ0v) is 14.4. The van der Waals surface area contributed by atoms with Crippen molar-refractivity contribution in [3.05, 3.63) is 65.7 Å². The highest BCUT2D eigenvalue weighted by molar-refractivity contribution is 5.91. The second-order valence-corrected chi connectivity index (χ2v) is 6.03. The molecule has 0 atom stereocenters. The van der Waals surface area contributed by atoms with Crippen LogP contribution in [-0.2, 0) is 11.4 Å². The summed E-state index contributed by atoms with van der Waals surface area (Å²) in [5, 5.41) is 4.05. The average molecular weight is 338 g/mol. The van der Waals surface area contributed by atoms with Crippen LogP contribution >= 0.6 is 0 Å². The number of carbonyl (C=O) groups excluding carboxylic acids is 1. The molecular formula is C20H22N2O3. The molecule has 0 unspecified atom stereocenters. The van der Waals surface area contributed by atoms with Crippen LogP contribution < -0.4 is 4.74 Å². The third-order valence-electron chi connectivity index (χ3n) is 4.27. The Balaban J connectivity index is 1.48. The van der Waals surface area contributed by atoms with Crippen molar-refractivity contribution in [1.82, 2.24) is 4.90 Å². The summed E-state index contributed by atoms with van der Waals surface area (Å²) in [6.45, 7) is 2.79. The lowest BCUT2D eigenvalue weighted by Crippen LogP contribution is -2.33. The molecule has 1 saturated heterocycles. The van der Waals surface area contributed by atoms with Gasteiger partial charge in [0.25, 0.3) is 0 Å². The summed E-state index contributed by atoms with van der Waals surface area (Å²) in [6.07, 6.45) is 1.64. The van der Waals surface area contributed by atoms with Crippen molar-refractivity contribution in [2.45, 2.75) is 19.4 Å². The minimum Gasteiger partial charge on any atom is -0.497 e. The van der Waals surface area contributed by atoms with Gasteiger partial charge in [-0.3, -0.25) is 4.90 Å². The molecule has 0 aromatic heterocycles. The number of oxime groups is 1. The van der Waals surface area contributed by atoms with Crippen LogP contribution in [0.2, 0.25) is 0 Å². The van der Waals surface area contributed by atoms with E-state index in [0.717, 1.165) is 38.2 Å². The van der Waals surface area contributed by atoms with Crippen LogP contribution in [0.3, 0.4) is 0 Å². The standard InChI is InChI=1S/C20H22N2O3/c1-24-19-9-7-17(8-10-19)20(23)25-21-18-11-13-22(14-12-18)15-16-5-3-2-4-6-16/h2-10H,11-15H2,1H3. The molecule has 5 nitrogen and oxygen atoms in total. The molecule has 130 valence electrons. The van der Waals surface area contributed by atoms with Crippen molar-refractivity contribution in [1.29, 1.82) is 0 Å². The normalized spacial score (nSPS) is 14.8. The van der Waals surface area contributed by atoms with Gasteiger partial charge in [-0.1, -0.05) is 35.5 Å². The lowest BCUT2D eigenvalue weighted by molar-refractivity contribution is 0.0512. The molecule has 2 aromatic carbocycles. The average Bonchev–Trinajstić information content (AvgIpc) is 2.68. The zero-order valence-electron chi connectivity index (χ0n) is 14.4. The van der Waals surface area contributed by atoms with Crippen LogP contribution in [0.25, 0.3) is 0 Å². The molecule has 1 heterocycles. The lowest BCUT2D eigenvalue weighted by Gasteiger charge is -2.27. The van der Waals surface area contributed by atoms with Gasteiger partial charge in [-0.15, -0.1) is 0 Å². The SMILES string of the molecule is COc1ccc(C(=O)ON=C2CCN(Cc3ccccc3)CC2)cc1. The molecule has 0 spiro atoms. The first kappa shape index (κ1) is 17.2. The highest BCUT2D eigenvalue weighted by Gasteiger charge is 2.16. The predicted octanol–water partition coefficient (Wildman–Crippen LogP) is 3.50. The van der Waals surface area contributed by atoms with Gasteiger partial charge in [0.05, 0.1) is 18.4 Å². The number of benzene rings is 2. The van der Waals surface area contributed by atoms with E-state index in [9.17, 15) is 4.79 Å². The Morgan fingerprint density at radius 2 is 1.72 bits per heavy atom. The number of rotatable bonds is 5. The van der Waals surface area contributed by atoms with Crippen LogP contribution in [-0.4, -0.2) is 36.8 Å². The maximum atomic E-state index is 12.0. The molecule has 0 N–H and O–H groups in total. The van der Waals surface area contributed by atoms with Gasteiger partial charge in [-0.25, -0.2) is 4.79 Å². The van der Waals surface area contributed by atoms with Crippen LogP contribution in [0.5, 0.6) is 5.75 Å². The van der Waals surface area contributed by atoms with Gasteiger partial charge < -0.3 is 9.57 Å². The van der Waals surface area contributed by atoms with E-state index in [1.807, 2.05) is 6.07 Å². The van der Waals surface area contributed by atoms with Crippen molar-refractivity contribution < 1.29 is 14.4 Å². The quantitative estimate of drug-likeness (QED) is 0.618. The number of hydrogen-bond acceptors (Lipinski definition) is 5. The first-order valence-electron chi connectivity index (χ1n) is 8.42. The van der Waals surface area contributed by atoms with E-state index in [-0.39, 0.29) is 0 Å². The molecule has 1 aliphatic heterocycles. The summed E-state index contributed by atoms with van der Waals surface area (Å²) in [7, 11) is 1.59. The van der Waals surface area contributed by atoms with Crippen LogP contribution in [0.4, 0.5) is 0 Å². The Labute approximate surface area is 147 Å². The third-order valence-corrected chi connectivity index (χ3v) is 4.27. The summed E-state index contributed by atoms with van der Waals surface area (Å²) in [5.41, 5.74) is 2.71. The third kappa shape index (κ3) is 4.90. The Kier molecular flexibility index (Phi) is 5.80. The topological polar surface area (TPSA) is 51.1 Å². The molecule has 0 bridgehead atoms. The van der Waals surface area contributed by atoms with Crippen molar-refractivity contribution in [2.24, 2.45) is 5.16 Å². The Morgan fingerprint density at radius 1 is 1.04 bits per heavy atom. The van der Waals surface area contributed by atoms with E-state index < -0.39 is 5.97 Å². The molecule has 2 aromatic rings. The molecule has 0 saturated carbocycles. The van der Waals surface area contributed by atoms with Gasteiger partial charge in [0.2, 0.25) is 0 Å². The fraction of sp³-hybridized carbons (Fsp3) is 0.300. The van der Waals surface area contributed by atoms with E-state index in [1.165, 1.54) is 5.56 Å². The van der Waals surface area contributed by atoms with Gasteiger partial charge in [-0.2, -0.15) is 0 Å². The van der Waals surface area contributed by atoms with E-state index in [4.69, 9.17) is 9.57 Å². The van der Waals surface area contributed by atoms with Gasteiger partial charge in [0.1, 0.15) is 5.75 Å². The van der Waals surface area contributed by atoms with Crippen molar-refractivity contribution in [3.63, 3.8) is 0 Å². The zero-order chi connectivity index (χ0) is 17.5. The van der Waals surface area contributed by atoms with Gasteiger partial charge >= 0.3 is 5.97 Å². The highest BCUT2D eigenvalue weighted by Crippen LogP contribution is 2.14. The summed E-state index contributed by atoms with van der Waals surface area (Å²) in [4.78, 5) is 19.5. The highest BCUT2D eigenvalue weighted by atomic mass is 16.7. The molecule has 0 amide bonds. The number of methoxy groups -OCH3 is 1. The molecule has 25 heavy (non-hydrogen) atoms. The molecule has 3 rings (SSSR count). The molecule has 5 heteroatoms. The lowest BCUT2D eigenvalue weighted by atomic mass is 10.1. The minimum absolute atomic E-state index is 0.443. The van der Waals surface area contributed by atoms with Gasteiger partial charge in [-0.05, 0) is 29.8 Å². The van der Waals surface area contributed by atoms with Gasteiger partial charge in [0.15, 0.2) is 0 Å². The minimum atomic E-state index is -0.443. The van der Waals surface area contributed by atoms with E-state index in [1.54, 1.807) is 31.4 Å². The fourth-order valence-corrected chi connectivity index (χ4v) is 2.79. The Morgan fingerprint density at radius 3 is 2.36 bits per heavy atom. The molecular weight excluding hydrogens is 316 g/mol. The van der Waals surface area contributed by atoms with Crippen LogP contribution in [0.1, 0.15) is 28.8 Å². The maximum Gasteiger partial charge on any atom is 0.365 e. The predicted molar refractivity (Wildman–Crippen MR) is 96.8 cm³/mol. The summed E-state index contributed by atoms with van der Waals surface area (Å²) >= 11 is 0. The summed E-state index contributed by atoms with van der Waals surface area (Å²) in [5.74, 6) is 0.260. The number of carbonyl (C=O) groups is 1. The van der Waals surface area contributed by atoms with Crippen molar-refractivity contribution in [3.8, 4) is 5.75 Å². The molecule has 1 fully saturated rings. The second kappa shape index (κ2) is 8.44. The first-order chi connectivity index (χ1) is 12.2. The largest absolute Gasteiger partial charge is 0.497 e. The number of likely N-dealkylation sites (tertiary alicyclic amines) is 1. The van der Waals surface area contributed by atoms with Crippen LogP contribution in [0.15, 0.2) is 59.8 Å². The second-order valence-electron chi connectivity index (χ2n) is 6.03. The van der Waals surface area contributed by atoms with E-state index in [2.05, 4.69) is 34.3 Å². The molecule has 0 radical (unpaired) electrons.